The fraction of sp³-hybridized carbons (Fsp3) is 0.109. The Kier molecular flexibility index (Phi) is 7.36. The minimum absolute atomic E-state index is 0.767. The molecule has 2 aliphatic rings. The summed E-state index contributed by atoms with van der Waals surface area (Å²) >= 11 is 0. The number of rotatable bonds is 6. The van der Waals surface area contributed by atoms with E-state index in [-0.39, 0.29) is 0 Å². The molecule has 0 saturated heterocycles. The van der Waals surface area contributed by atoms with Crippen molar-refractivity contribution >= 4 is 33.2 Å². The molecule has 0 N–H and O–H groups in total. The maximum absolute atomic E-state index is 6.90. The van der Waals surface area contributed by atoms with Crippen LogP contribution in [0.1, 0.15) is 27.8 Å². The smallest absolute Gasteiger partial charge is 0.137 e. The van der Waals surface area contributed by atoms with Crippen LogP contribution in [0.4, 0.5) is 5.69 Å². The van der Waals surface area contributed by atoms with Crippen LogP contribution in [0.5, 0.6) is 11.5 Å². The van der Waals surface area contributed by atoms with Gasteiger partial charge in [0.1, 0.15) is 23.1 Å². The molecule has 5 heteroatoms. The van der Waals surface area contributed by atoms with Crippen LogP contribution >= 0.6 is 0 Å². The lowest BCUT2D eigenvalue weighted by Crippen LogP contribution is -2.26. The summed E-state index contributed by atoms with van der Waals surface area (Å²) in [6.45, 7) is 9.59. The summed E-state index contributed by atoms with van der Waals surface area (Å²) in [5.41, 5.74) is 12.9. The van der Waals surface area contributed by atoms with Crippen molar-refractivity contribution in [2.45, 2.75) is 27.7 Å². The zero-order valence-electron chi connectivity index (χ0n) is 29.3. The largest absolute Gasteiger partial charge is 0.457 e. The zero-order valence-corrected chi connectivity index (χ0v) is 29.3. The summed E-state index contributed by atoms with van der Waals surface area (Å²) in [5.74, 6) is 3.57. The van der Waals surface area contributed by atoms with Crippen molar-refractivity contribution in [2.24, 2.45) is 0 Å². The summed E-state index contributed by atoms with van der Waals surface area (Å²) in [6.07, 6.45) is 10.7. The molecule has 248 valence electrons. The summed E-state index contributed by atoms with van der Waals surface area (Å²) in [5, 5.41) is 2.34. The van der Waals surface area contributed by atoms with Crippen molar-refractivity contribution in [3.63, 3.8) is 0 Å². The second-order valence-electron chi connectivity index (χ2n) is 13.5. The minimum Gasteiger partial charge on any atom is -0.457 e. The van der Waals surface area contributed by atoms with Gasteiger partial charge in [-0.25, -0.2) is 4.98 Å². The van der Waals surface area contributed by atoms with E-state index in [0.29, 0.717) is 0 Å². The summed E-state index contributed by atoms with van der Waals surface area (Å²) in [7, 11) is 0. The Morgan fingerprint density at radius 2 is 1.35 bits per heavy atom. The minimum atomic E-state index is 0.767. The Balaban J connectivity index is 1.22. The molecule has 5 nitrogen and oxygen atoms in total. The van der Waals surface area contributed by atoms with Gasteiger partial charge in [0.25, 0.3) is 0 Å². The van der Waals surface area contributed by atoms with Gasteiger partial charge >= 0.3 is 0 Å². The van der Waals surface area contributed by atoms with E-state index >= 15 is 0 Å². The van der Waals surface area contributed by atoms with Crippen LogP contribution in [0.15, 0.2) is 152 Å². The fourth-order valence-electron chi connectivity index (χ4n) is 7.87. The van der Waals surface area contributed by atoms with Gasteiger partial charge in [0.15, 0.2) is 0 Å². The Hall–Kier alpha value is -6.33. The predicted molar refractivity (Wildman–Crippen MR) is 210 cm³/mol. The topological polar surface area (TPSA) is 33.5 Å². The molecule has 0 aliphatic carbocycles. The van der Waals surface area contributed by atoms with Gasteiger partial charge in [-0.2, -0.15) is 0 Å². The Labute approximate surface area is 298 Å². The lowest BCUT2D eigenvalue weighted by Gasteiger charge is -2.30. The van der Waals surface area contributed by atoms with Gasteiger partial charge in [-0.15, -0.1) is 0 Å². The van der Waals surface area contributed by atoms with E-state index in [0.717, 1.165) is 62.9 Å². The van der Waals surface area contributed by atoms with E-state index in [1.807, 2.05) is 18.3 Å². The molecule has 9 rings (SSSR count). The molecule has 7 aromatic rings. The van der Waals surface area contributed by atoms with Crippen LogP contribution in [0.3, 0.4) is 0 Å². The molecule has 0 saturated carbocycles. The molecular weight excluding hydrogens is 625 g/mol. The number of aryl methyl sites for hydroxylation is 4. The average Bonchev–Trinajstić information content (AvgIpc) is 3.68. The Morgan fingerprint density at radius 1 is 0.627 bits per heavy atom. The van der Waals surface area contributed by atoms with Crippen molar-refractivity contribution in [1.29, 1.82) is 0 Å². The van der Waals surface area contributed by atoms with E-state index in [9.17, 15) is 0 Å². The van der Waals surface area contributed by atoms with Crippen molar-refractivity contribution in [1.82, 2.24) is 14.5 Å². The standard InChI is InChI=1S/C46H38N4O/c1-30-13-11-14-31(2)45(30)35-25-34(42-29-48-24-10-8-20-44(48)50(42)46-32(3)15-12-16-33(46)4)26-37(27-35)51-36-21-22-39-38-17-5-6-18-40(38)49(41(39)28-36)43-19-7-9-23-47-43/h5-23,25-29H,24H2,1-4H3. The molecule has 2 aliphatic heterocycles. The number of allylic oxidation sites excluding steroid dienone is 2. The second-order valence-corrected chi connectivity index (χ2v) is 13.5. The van der Waals surface area contributed by atoms with Gasteiger partial charge in [0.2, 0.25) is 0 Å². The van der Waals surface area contributed by atoms with Crippen molar-refractivity contribution in [3.8, 4) is 28.4 Å². The fourth-order valence-corrected chi connectivity index (χ4v) is 7.87. The number of anilines is 1. The lowest BCUT2D eigenvalue weighted by atomic mass is 9.93. The normalized spacial score (nSPS) is 13.9. The molecule has 5 aromatic carbocycles. The first-order chi connectivity index (χ1) is 24.9. The van der Waals surface area contributed by atoms with Crippen LogP contribution in [0, 0.1) is 27.7 Å². The quantitative estimate of drug-likeness (QED) is 0.177. The number of pyridine rings is 1. The van der Waals surface area contributed by atoms with Crippen molar-refractivity contribution in [2.75, 3.05) is 11.4 Å². The maximum atomic E-state index is 6.90. The third-order valence-corrected chi connectivity index (χ3v) is 10.1. The maximum Gasteiger partial charge on any atom is 0.137 e. The van der Waals surface area contributed by atoms with Gasteiger partial charge in [0, 0.05) is 41.3 Å². The second kappa shape index (κ2) is 12.2. The molecule has 0 spiro atoms. The van der Waals surface area contributed by atoms with Crippen LogP contribution in [0.2, 0.25) is 0 Å². The molecule has 0 amide bonds. The Bertz CT molecular complexity index is 2550. The highest BCUT2D eigenvalue weighted by molar-refractivity contribution is 6.09. The first kappa shape index (κ1) is 30.7. The highest BCUT2D eigenvalue weighted by Gasteiger charge is 2.32. The van der Waals surface area contributed by atoms with Gasteiger partial charge < -0.3 is 9.64 Å². The zero-order chi connectivity index (χ0) is 34.6. The number of nitrogens with zero attached hydrogens (tertiary/aromatic N) is 4. The van der Waals surface area contributed by atoms with Crippen LogP contribution in [0.25, 0.3) is 44.4 Å². The summed E-state index contributed by atoms with van der Waals surface area (Å²) in [6, 6.07) is 40.7. The number of fused-ring (bicyclic) bond motifs is 4. The molecule has 0 radical (unpaired) electrons. The third-order valence-electron chi connectivity index (χ3n) is 10.1. The molecule has 2 aromatic heterocycles. The Morgan fingerprint density at radius 3 is 2.14 bits per heavy atom. The van der Waals surface area contributed by atoms with E-state index < -0.39 is 0 Å². The SMILES string of the molecule is Cc1cccc(C)c1-c1cc(Oc2ccc3c4ccccc4n(-c4ccccn4)c3c2)cc(C2=CN3CC=CC=C3N2c2c(C)cccc2C)c1. The molecule has 51 heavy (non-hydrogen) atoms. The summed E-state index contributed by atoms with van der Waals surface area (Å²) in [4.78, 5) is 9.47. The lowest BCUT2D eigenvalue weighted by molar-refractivity contribution is 0.483. The van der Waals surface area contributed by atoms with Crippen molar-refractivity contribution in [3.05, 3.63) is 180 Å². The molecule has 0 atom stereocenters. The van der Waals surface area contributed by atoms with E-state index in [2.05, 4.69) is 170 Å². The van der Waals surface area contributed by atoms with Gasteiger partial charge in [-0.05, 0) is 116 Å². The number of hydrogen-bond donors (Lipinski definition) is 0. The average molecular weight is 663 g/mol. The van der Waals surface area contributed by atoms with Crippen LogP contribution in [-0.2, 0) is 0 Å². The van der Waals surface area contributed by atoms with Crippen LogP contribution in [-0.4, -0.2) is 21.0 Å². The molecule has 0 unspecified atom stereocenters. The molecule has 0 fully saturated rings. The summed E-state index contributed by atoms with van der Waals surface area (Å²) < 4.78 is 9.12. The number of hydrogen-bond acceptors (Lipinski definition) is 4. The highest BCUT2D eigenvalue weighted by Crippen LogP contribution is 2.44. The van der Waals surface area contributed by atoms with E-state index in [4.69, 9.17) is 9.72 Å². The van der Waals surface area contributed by atoms with Gasteiger partial charge in [-0.3, -0.25) is 9.47 Å². The monoisotopic (exact) mass is 662 g/mol. The van der Waals surface area contributed by atoms with Crippen LogP contribution < -0.4 is 9.64 Å². The predicted octanol–water partition coefficient (Wildman–Crippen LogP) is 11.4. The first-order valence-corrected chi connectivity index (χ1v) is 17.5. The number of aromatic nitrogens is 2. The highest BCUT2D eigenvalue weighted by atomic mass is 16.5. The third kappa shape index (κ3) is 5.21. The number of ether oxygens (including phenoxy) is 1. The molecule has 4 heterocycles. The van der Waals surface area contributed by atoms with E-state index in [1.54, 1.807) is 0 Å². The molecular formula is C46H38N4O. The van der Waals surface area contributed by atoms with Gasteiger partial charge in [-0.1, -0.05) is 72.8 Å². The first-order valence-electron chi connectivity index (χ1n) is 17.5. The number of para-hydroxylation sites is 2. The van der Waals surface area contributed by atoms with Gasteiger partial charge in [0.05, 0.1) is 22.4 Å². The number of benzene rings is 5. The molecule has 0 bridgehead atoms. The van der Waals surface area contributed by atoms with Crippen molar-refractivity contribution < 1.29 is 4.74 Å². The van der Waals surface area contributed by atoms with E-state index in [1.165, 1.54) is 38.9 Å².